The van der Waals surface area contributed by atoms with E-state index in [0.717, 1.165) is 36.9 Å². The number of amides is 2. The molecule has 3 N–H and O–H groups in total. The van der Waals surface area contributed by atoms with Crippen LogP contribution in [0.1, 0.15) is 37.7 Å². The molecule has 3 rings (SSSR count). The highest BCUT2D eigenvalue weighted by molar-refractivity contribution is 6.01. The van der Waals surface area contributed by atoms with Crippen molar-refractivity contribution in [1.82, 2.24) is 5.32 Å². The van der Waals surface area contributed by atoms with Crippen LogP contribution in [0.4, 0.5) is 5.69 Å². The molecule has 2 amide bonds. The van der Waals surface area contributed by atoms with Gasteiger partial charge in [0, 0.05) is 19.5 Å². The predicted molar refractivity (Wildman–Crippen MR) is 104 cm³/mol. The molecular formula is C19H28ClN3O3. The Morgan fingerprint density at radius 3 is 2.69 bits per heavy atom. The van der Waals surface area contributed by atoms with Crippen molar-refractivity contribution < 1.29 is 14.3 Å². The van der Waals surface area contributed by atoms with Crippen LogP contribution in [0.15, 0.2) is 18.2 Å². The molecule has 0 spiro atoms. The summed E-state index contributed by atoms with van der Waals surface area (Å²) in [4.78, 5) is 26.9. The van der Waals surface area contributed by atoms with E-state index in [0.29, 0.717) is 18.8 Å². The van der Waals surface area contributed by atoms with Crippen LogP contribution >= 0.6 is 12.4 Å². The van der Waals surface area contributed by atoms with Crippen molar-refractivity contribution >= 4 is 29.9 Å². The third-order valence-corrected chi connectivity index (χ3v) is 5.46. The normalized spacial score (nSPS) is 21.4. The number of rotatable bonds is 5. The van der Waals surface area contributed by atoms with Gasteiger partial charge in [0.2, 0.25) is 11.8 Å². The van der Waals surface area contributed by atoms with Gasteiger partial charge < -0.3 is 20.7 Å². The average Bonchev–Trinajstić information content (AvgIpc) is 3.22. The average molecular weight is 382 g/mol. The van der Waals surface area contributed by atoms with Gasteiger partial charge in [0.15, 0.2) is 0 Å². The van der Waals surface area contributed by atoms with Crippen LogP contribution in [-0.4, -0.2) is 37.6 Å². The van der Waals surface area contributed by atoms with Crippen LogP contribution < -0.4 is 20.7 Å². The Morgan fingerprint density at radius 1 is 1.38 bits per heavy atom. The molecule has 1 saturated heterocycles. The van der Waals surface area contributed by atoms with Gasteiger partial charge in [-0.05, 0) is 37.5 Å². The Kier molecular flexibility index (Phi) is 6.53. The number of carbonyl (C=O) groups is 2. The van der Waals surface area contributed by atoms with Gasteiger partial charge in [0.25, 0.3) is 0 Å². The van der Waals surface area contributed by atoms with Crippen molar-refractivity contribution in [3.8, 4) is 5.75 Å². The van der Waals surface area contributed by atoms with Gasteiger partial charge in [0.05, 0.1) is 24.3 Å². The van der Waals surface area contributed by atoms with Crippen molar-refractivity contribution in [3.63, 3.8) is 0 Å². The first kappa shape index (κ1) is 20.5. The summed E-state index contributed by atoms with van der Waals surface area (Å²) in [7, 11) is 1.59. The number of nitrogens with two attached hydrogens (primary N) is 1. The standard InChI is InChI=1S/C19H27N3O3.ClH/c1-13-5-6-16(25-2)15(9-13)22-11-14(10-17(22)23)18(24)21-19(12-20)7-3-4-8-19;/h5-6,9,14H,3-4,7-8,10-12,20H2,1-2H3,(H,21,24);1H. The Labute approximate surface area is 160 Å². The van der Waals surface area contributed by atoms with E-state index < -0.39 is 0 Å². The number of hydrogen-bond acceptors (Lipinski definition) is 4. The lowest BCUT2D eigenvalue weighted by atomic mass is 9.96. The Hall–Kier alpha value is -1.79. The van der Waals surface area contributed by atoms with Crippen molar-refractivity contribution in [2.45, 2.75) is 44.6 Å². The molecule has 1 aromatic rings. The highest BCUT2D eigenvalue weighted by Crippen LogP contribution is 2.35. The molecule has 1 atom stereocenters. The van der Waals surface area contributed by atoms with Gasteiger partial charge in [-0.3, -0.25) is 9.59 Å². The van der Waals surface area contributed by atoms with Crippen LogP contribution in [0.3, 0.4) is 0 Å². The summed E-state index contributed by atoms with van der Waals surface area (Å²) >= 11 is 0. The number of anilines is 1. The van der Waals surface area contributed by atoms with Crippen molar-refractivity contribution in [1.29, 1.82) is 0 Å². The lowest BCUT2D eigenvalue weighted by molar-refractivity contribution is -0.127. The number of hydrogen-bond donors (Lipinski definition) is 2. The van der Waals surface area contributed by atoms with E-state index in [2.05, 4.69) is 5.32 Å². The van der Waals surface area contributed by atoms with Crippen LogP contribution in [0.25, 0.3) is 0 Å². The van der Waals surface area contributed by atoms with E-state index in [9.17, 15) is 9.59 Å². The van der Waals surface area contributed by atoms with Gasteiger partial charge in [0.1, 0.15) is 5.75 Å². The highest BCUT2D eigenvalue weighted by Gasteiger charge is 2.40. The fraction of sp³-hybridized carbons (Fsp3) is 0.579. The fourth-order valence-electron chi connectivity index (χ4n) is 3.92. The first-order valence-corrected chi connectivity index (χ1v) is 8.95. The third kappa shape index (κ3) is 3.96. The molecule has 1 aliphatic heterocycles. The lowest BCUT2D eigenvalue weighted by Crippen LogP contribution is -2.53. The maximum atomic E-state index is 12.7. The minimum Gasteiger partial charge on any atom is -0.495 e. The van der Waals surface area contributed by atoms with Crippen LogP contribution in [0.2, 0.25) is 0 Å². The second-order valence-corrected chi connectivity index (χ2v) is 7.26. The summed E-state index contributed by atoms with van der Waals surface area (Å²) in [5.41, 5.74) is 7.40. The van der Waals surface area contributed by atoms with Crippen LogP contribution in [0, 0.1) is 12.8 Å². The molecule has 26 heavy (non-hydrogen) atoms. The summed E-state index contributed by atoms with van der Waals surface area (Å²) in [5, 5.41) is 3.14. The molecule has 1 aromatic carbocycles. The molecule has 6 nitrogen and oxygen atoms in total. The number of carbonyl (C=O) groups excluding carboxylic acids is 2. The molecule has 0 radical (unpaired) electrons. The summed E-state index contributed by atoms with van der Waals surface area (Å²) in [6.45, 7) is 2.80. The van der Waals surface area contributed by atoms with Crippen molar-refractivity contribution in [2.24, 2.45) is 11.7 Å². The van der Waals surface area contributed by atoms with E-state index in [1.54, 1.807) is 12.0 Å². The highest BCUT2D eigenvalue weighted by atomic mass is 35.5. The first-order valence-electron chi connectivity index (χ1n) is 8.95. The van der Waals surface area contributed by atoms with Gasteiger partial charge in [-0.15, -0.1) is 12.4 Å². The Morgan fingerprint density at radius 2 is 2.08 bits per heavy atom. The number of nitrogens with one attached hydrogen (secondary N) is 1. The minimum atomic E-state index is -0.346. The summed E-state index contributed by atoms with van der Waals surface area (Å²) < 4.78 is 5.39. The fourth-order valence-corrected chi connectivity index (χ4v) is 3.92. The van der Waals surface area contributed by atoms with Crippen molar-refractivity contribution in [2.75, 3.05) is 25.1 Å². The zero-order valence-electron chi connectivity index (χ0n) is 15.4. The second kappa shape index (κ2) is 8.27. The molecule has 0 aromatic heterocycles. The van der Waals surface area contributed by atoms with E-state index in [4.69, 9.17) is 10.5 Å². The van der Waals surface area contributed by atoms with Gasteiger partial charge in [-0.25, -0.2) is 0 Å². The Balaban J connectivity index is 0.00000243. The SMILES string of the molecule is COc1ccc(C)cc1N1CC(C(=O)NC2(CN)CCCC2)CC1=O.Cl. The number of aryl methyl sites for hydroxylation is 1. The smallest absolute Gasteiger partial charge is 0.227 e. The van der Waals surface area contributed by atoms with E-state index in [-0.39, 0.29) is 42.1 Å². The number of benzene rings is 1. The monoisotopic (exact) mass is 381 g/mol. The first-order chi connectivity index (χ1) is 12.0. The maximum Gasteiger partial charge on any atom is 0.227 e. The van der Waals surface area contributed by atoms with Gasteiger partial charge >= 0.3 is 0 Å². The predicted octanol–water partition coefficient (Wildman–Crippen LogP) is 2.17. The molecule has 2 aliphatic rings. The maximum absolute atomic E-state index is 12.7. The van der Waals surface area contributed by atoms with Gasteiger partial charge in [-0.2, -0.15) is 0 Å². The number of methoxy groups -OCH3 is 1. The molecule has 1 unspecified atom stereocenters. The third-order valence-electron chi connectivity index (χ3n) is 5.46. The summed E-state index contributed by atoms with van der Waals surface area (Å²) in [5.74, 6) is 0.197. The topological polar surface area (TPSA) is 84.7 Å². The summed E-state index contributed by atoms with van der Waals surface area (Å²) in [6.07, 6.45) is 4.25. The van der Waals surface area contributed by atoms with E-state index in [1.165, 1.54) is 0 Å². The lowest BCUT2D eigenvalue weighted by Gasteiger charge is -2.30. The van der Waals surface area contributed by atoms with E-state index in [1.807, 2.05) is 25.1 Å². The number of ether oxygens (including phenoxy) is 1. The molecule has 7 heteroatoms. The molecule has 0 bridgehead atoms. The quantitative estimate of drug-likeness (QED) is 0.818. The number of halogens is 1. The number of nitrogens with zero attached hydrogens (tertiary/aromatic N) is 1. The largest absolute Gasteiger partial charge is 0.495 e. The molecule has 2 fully saturated rings. The van der Waals surface area contributed by atoms with Crippen LogP contribution in [0.5, 0.6) is 5.75 Å². The zero-order chi connectivity index (χ0) is 18.0. The zero-order valence-corrected chi connectivity index (χ0v) is 16.2. The van der Waals surface area contributed by atoms with Gasteiger partial charge in [-0.1, -0.05) is 18.9 Å². The molecule has 1 aliphatic carbocycles. The second-order valence-electron chi connectivity index (χ2n) is 7.26. The van der Waals surface area contributed by atoms with Crippen molar-refractivity contribution in [3.05, 3.63) is 23.8 Å². The van der Waals surface area contributed by atoms with E-state index >= 15 is 0 Å². The Bertz CT molecular complexity index is 674. The summed E-state index contributed by atoms with van der Waals surface area (Å²) in [6, 6.07) is 5.72. The minimum absolute atomic E-state index is 0. The molecular weight excluding hydrogens is 354 g/mol. The molecule has 1 heterocycles. The molecule has 144 valence electrons. The van der Waals surface area contributed by atoms with Crippen LogP contribution in [-0.2, 0) is 9.59 Å². The molecule has 1 saturated carbocycles.